The smallest absolute Gasteiger partial charge is 0.226 e. The quantitative estimate of drug-likeness (QED) is 0.928. The lowest BCUT2D eigenvalue weighted by Gasteiger charge is -2.29. The van der Waals surface area contributed by atoms with Crippen LogP contribution in [0.15, 0.2) is 24.3 Å². The van der Waals surface area contributed by atoms with E-state index in [-0.39, 0.29) is 30.3 Å². The van der Waals surface area contributed by atoms with Crippen molar-refractivity contribution in [3.63, 3.8) is 0 Å². The summed E-state index contributed by atoms with van der Waals surface area (Å²) in [5.41, 5.74) is 0.800. The van der Waals surface area contributed by atoms with Gasteiger partial charge in [-0.15, -0.1) is 12.4 Å². The summed E-state index contributed by atoms with van der Waals surface area (Å²) >= 11 is 0. The molecule has 4 nitrogen and oxygen atoms in total. The Morgan fingerprint density at radius 1 is 1.33 bits per heavy atom. The standard InChI is InChI=1S/C16H24N2O2.ClH/c1-12(2)16(19)17-13-5-4-6-15(11-13)20-14-7-9-18(3)10-8-14;/h4-6,11-12,14H,7-10H2,1-3H3,(H,17,19);1H. The molecule has 1 aliphatic rings. The van der Waals surface area contributed by atoms with Crippen LogP contribution < -0.4 is 10.1 Å². The molecule has 0 atom stereocenters. The molecule has 1 amide bonds. The number of hydrogen-bond acceptors (Lipinski definition) is 3. The van der Waals surface area contributed by atoms with E-state index in [2.05, 4.69) is 17.3 Å². The number of hydrogen-bond donors (Lipinski definition) is 1. The number of anilines is 1. The predicted molar refractivity (Wildman–Crippen MR) is 88.3 cm³/mol. The fraction of sp³-hybridized carbons (Fsp3) is 0.562. The first-order valence-corrected chi connectivity index (χ1v) is 7.30. The average molecular weight is 313 g/mol. The van der Waals surface area contributed by atoms with E-state index >= 15 is 0 Å². The number of carbonyl (C=O) groups is 1. The van der Waals surface area contributed by atoms with E-state index < -0.39 is 0 Å². The van der Waals surface area contributed by atoms with Gasteiger partial charge in [-0.05, 0) is 32.0 Å². The van der Waals surface area contributed by atoms with Crippen molar-refractivity contribution in [3.8, 4) is 5.75 Å². The first-order chi connectivity index (χ1) is 9.54. The molecule has 1 aromatic carbocycles. The zero-order chi connectivity index (χ0) is 14.5. The number of nitrogens with one attached hydrogen (secondary N) is 1. The molecular formula is C16H25ClN2O2. The molecule has 0 aromatic heterocycles. The maximum absolute atomic E-state index is 11.7. The van der Waals surface area contributed by atoms with Gasteiger partial charge in [0.25, 0.3) is 0 Å². The largest absolute Gasteiger partial charge is 0.490 e. The van der Waals surface area contributed by atoms with Crippen molar-refractivity contribution in [3.05, 3.63) is 24.3 Å². The van der Waals surface area contributed by atoms with E-state index in [1.807, 2.05) is 38.1 Å². The lowest BCUT2D eigenvalue weighted by atomic mass is 10.1. The maximum Gasteiger partial charge on any atom is 0.226 e. The molecule has 0 aliphatic carbocycles. The number of likely N-dealkylation sites (tertiary alicyclic amines) is 1. The highest BCUT2D eigenvalue weighted by atomic mass is 35.5. The zero-order valence-electron chi connectivity index (χ0n) is 13.0. The molecule has 2 rings (SSSR count). The fourth-order valence-electron chi connectivity index (χ4n) is 2.23. The fourth-order valence-corrected chi connectivity index (χ4v) is 2.23. The summed E-state index contributed by atoms with van der Waals surface area (Å²) in [6.45, 7) is 5.92. The Labute approximate surface area is 133 Å². The molecule has 1 N–H and O–H groups in total. The van der Waals surface area contributed by atoms with Crippen LogP contribution in [-0.2, 0) is 4.79 Å². The second kappa shape index (κ2) is 8.25. The van der Waals surface area contributed by atoms with Crippen molar-refractivity contribution in [2.45, 2.75) is 32.8 Å². The van der Waals surface area contributed by atoms with Gasteiger partial charge in [0, 0.05) is 30.8 Å². The lowest BCUT2D eigenvalue weighted by Crippen LogP contribution is -2.35. The van der Waals surface area contributed by atoms with Gasteiger partial charge >= 0.3 is 0 Å². The molecule has 1 heterocycles. The van der Waals surface area contributed by atoms with Crippen molar-refractivity contribution in [1.82, 2.24) is 4.90 Å². The first kappa shape index (κ1) is 17.8. The Kier molecular flexibility index (Phi) is 6.99. The van der Waals surface area contributed by atoms with Gasteiger partial charge in [0.2, 0.25) is 5.91 Å². The number of rotatable bonds is 4. The summed E-state index contributed by atoms with van der Waals surface area (Å²) in [5, 5.41) is 2.90. The van der Waals surface area contributed by atoms with Crippen LogP contribution in [0.2, 0.25) is 0 Å². The summed E-state index contributed by atoms with van der Waals surface area (Å²) in [7, 11) is 2.14. The van der Waals surface area contributed by atoms with E-state index in [1.165, 1.54) is 0 Å². The van der Waals surface area contributed by atoms with Crippen molar-refractivity contribution < 1.29 is 9.53 Å². The molecule has 0 bridgehead atoms. The van der Waals surface area contributed by atoms with E-state index in [9.17, 15) is 4.79 Å². The Hall–Kier alpha value is -1.26. The molecule has 0 spiro atoms. The van der Waals surface area contributed by atoms with Crippen molar-refractivity contribution >= 4 is 24.0 Å². The lowest BCUT2D eigenvalue weighted by molar-refractivity contribution is -0.118. The van der Waals surface area contributed by atoms with E-state index in [1.54, 1.807) is 0 Å². The average Bonchev–Trinajstić information content (AvgIpc) is 2.42. The van der Waals surface area contributed by atoms with Gasteiger partial charge in [-0.3, -0.25) is 4.79 Å². The number of ether oxygens (including phenoxy) is 1. The minimum Gasteiger partial charge on any atom is -0.490 e. The van der Waals surface area contributed by atoms with Crippen LogP contribution in [0.4, 0.5) is 5.69 Å². The Balaban J connectivity index is 0.00000220. The summed E-state index contributed by atoms with van der Waals surface area (Å²) < 4.78 is 6.01. The molecule has 1 fully saturated rings. The molecule has 0 radical (unpaired) electrons. The molecule has 1 aromatic rings. The van der Waals surface area contributed by atoms with E-state index in [0.717, 1.165) is 37.4 Å². The molecule has 1 aliphatic heterocycles. The van der Waals surface area contributed by atoms with Gasteiger partial charge in [0.1, 0.15) is 11.9 Å². The van der Waals surface area contributed by atoms with Crippen LogP contribution in [0.1, 0.15) is 26.7 Å². The normalized spacial score (nSPS) is 16.4. The Morgan fingerprint density at radius 3 is 2.62 bits per heavy atom. The molecule has 118 valence electrons. The van der Waals surface area contributed by atoms with Crippen LogP contribution in [0, 0.1) is 5.92 Å². The monoisotopic (exact) mass is 312 g/mol. The third-order valence-corrected chi connectivity index (χ3v) is 3.59. The predicted octanol–water partition coefficient (Wildman–Crippen LogP) is 3.18. The maximum atomic E-state index is 11.7. The minimum absolute atomic E-state index is 0. The number of nitrogens with zero attached hydrogens (tertiary/aromatic N) is 1. The van der Waals surface area contributed by atoms with Gasteiger partial charge in [-0.25, -0.2) is 0 Å². The molecule has 5 heteroatoms. The number of amides is 1. The summed E-state index contributed by atoms with van der Waals surface area (Å²) in [5.74, 6) is 0.844. The molecule has 0 unspecified atom stereocenters. The van der Waals surface area contributed by atoms with Crippen molar-refractivity contribution in [1.29, 1.82) is 0 Å². The SMILES string of the molecule is CC(C)C(=O)Nc1cccc(OC2CCN(C)CC2)c1.Cl. The number of benzene rings is 1. The van der Waals surface area contributed by atoms with Crippen LogP contribution in [-0.4, -0.2) is 37.0 Å². The van der Waals surface area contributed by atoms with Gasteiger partial charge in [-0.2, -0.15) is 0 Å². The van der Waals surface area contributed by atoms with Crippen LogP contribution >= 0.6 is 12.4 Å². The highest BCUT2D eigenvalue weighted by Crippen LogP contribution is 2.22. The van der Waals surface area contributed by atoms with Crippen LogP contribution in [0.3, 0.4) is 0 Å². The van der Waals surface area contributed by atoms with Gasteiger partial charge < -0.3 is 15.0 Å². The Morgan fingerprint density at radius 2 is 2.00 bits per heavy atom. The second-order valence-electron chi connectivity index (χ2n) is 5.79. The zero-order valence-corrected chi connectivity index (χ0v) is 13.8. The van der Waals surface area contributed by atoms with Crippen molar-refractivity contribution in [2.75, 3.05) is 25.5 Å². The van der Waals surface area contributed by atoms with Gasteiger partial charge in [0.15, 0.2) is 0 Å². The highest BCUT2D eigenvalue weighted by Gasteiger charge is 2.18. The Bertz CT molecular complexity index is 457. The molecule has 1 saturated heterocycles. The minimum atomic E-state index is -0.0199. The van der Waals surface area contributed by atoms with E-state index in [4.69, 9.17) is 4.74 Å². The molecule has 21 heavy (non-hydrogen) atoms. The number of piperidine rings is 1. The topological polar surface area (TPSA) is 41.6 Å². The first-order valence-electron chi connectivity index (χ1n) is 7.30. The van der Waals surface area contributed by atoms with Gasteiger partial charge in [-0.1, -0.05) is 19.9 Å². The van der Waals surface area contributed by atoms with Gasteiger partial charge in [0.05, 0.1) is 0 Å². The third kappa shape index (κ3) is 5.56. The summed E-state index contributed by atoms with van der Waals surface area (Å²) in [6, 6.07) is 7.66. The third-order valence-electron chi connectivity index (χ3n) is 3.59. The molecule has 0 saturated carbocycles. The van der Waals surface area contributed by atoms with E-state index in [0.29, 0.717) is 0 Å². The van der Waals surface area contributed by atoms with Crippen LogP contribution in [0.25, 0.3) is 0 Å². The van der Waals surface area contributed by atoms with Crippen LogP contribution in [0.5, 0.6) is 5.75 Å². The summed E-state index contributed by atoms with van der Waals surface area (Å²) in [4.78, 5) is 14.0. The van der Waals surface area contributed by atoms with Crippen molar-refractivity contribution in [2.24, 2.45) is 5.92 Å². The number of halogens is 1. The summed E-state index contributed by atoms with van der Waals surface area (Å²) in [6.07, 6.45) is 2.39. The highest BCUT2D eigenvalue weighted by molar-refractivity contribution is 5.92. The molecular weight excluding hydrogens is 288 g/mol. The second-order valence-corrected chi connectivity index (χ2v) is 5.79. The number of carbonyl (C=O) groups excluding carboxylic acids is 1.